The minimum atomic E-state index is -0.113. The van der Waals surface area contributed by atoms with Gasteiger partial charge in [0.15, 0.2) is 11.5 Å². The number of carbonyl (C=O) groups is 1. The van der Waals surface area contributed by atoms with Crippen LogP contribution >= 0.6 is 22.9 Å². The molecule has 0 fully saturated rings. The van der Waals surface area contributed by atoms with Crippen LogP contribution in [0.5, 0.6) is 17.2 Å². The van der Waals surface area contributed by atoms with Crippen molar-refractivity contribution in [2.75, 3.05) is 19.8 Å². The monoisotopic (exact) mass is 458 g/mol. The van der Waals surface area contributed by atoms with Crippen LogP contribution in [0, 0.1) is 0 Å². The quantitative estimate of drug-likeness (QED) is 0.546. The summed E-state index contributed by atoms with van der Waals surface area (Å²) in [5.41, 5.74) is 2.51. The molecular weight excluding hydrogens is 436 g/mol. The highest BCUT2D eigenvalue weighted by molar-refractivity contribution is 7.13. The fraction of sp³-hybridized carbons (Fsp3) is 0.304. The van der Waals surface area contributed by atoms with Crippen LogP contribution in [0.1, 0.15) is 24.6 Å². The highest BCUT2D eigenvalue weighted by Crippen LogP contribution is 2.38. The fourth-order valence-electron chi connectivity index (χ4n) is 3.25. The van der Waals surface area contributed by atoms with Crippen molar-refractivity contribution >= 4 is 28.8 Å². The van der Waals surface area contributed by atoms with Gasteiger partial charge in [-0.05, 0) is 36.8 Å². The van der Waals surface area contributed by atoms with Gasteiger partial charge in [0.05, 0.1) is 42.5 Å². The van der Waals surface area contributed by atoms with Gasteiger partial charge in [-0.3, -0.25) is 4.79 Å². The number of nitrogens with one attached hydrogen (secondary N) is 1. The van der Waals surface area contributed by atoms with E-state index in [1.807, 2.05) is 42.6 Å². The summed E-state index contributed by atoms with van der Waals surface area (Å²) in [5, 5.41) is 6.15. The fourth-order valence-corrected chi connectivity index (χ4v) is 4.39. The number of carbonyl (C=O) groups excluding carboxylic acids is 1. The van der Waals surface area contributed by atoms with Crippen molar-refractivity contribution in [3.8, 4) is 27.8 Å². The molecule has 162 valence electrons. The third kappa shape index (κ3) is 5.29. The number of hydrogen-bond donors (Lipinski definition) is 1. The zero-order valence-electron chi connectivity index (χ0n) is 17.2. The Labute approximate surface area is 190 Å². The molecule has 1 aliphatic heterocycles. The Balaban J connectivity index is 1.38. The summed E-state index contributed by atoms with van der Waals surface area (Å²) < 4.78 is 17.0. The van der Waals surface area contributed by atoms with Gasteiger partial charge in [0.1, 0.15) is 10.8 Å². The van der Waals surface area contributed by atoms with Crippen LogP contribution in [0.4, 0.5) is 0 Å². The molecule has 1 aromatic heterocycles. The number of rotatable bonds is 7. The first-order valence-electron chi connectivity index (χ1n) is 10.2. The van der Waals surface area contributed by atoms with E-state index in [1.54, 1.807) is 6.07 Å². The molecule has 0 aliphatic carbocycles. The number of ether oxygens (including phenoxy) is 3. The van der Waals surface area contributed by atoms with Crippen molar-refractivity contribution in [2.45, 2.75) is 26.3 Å². The molecule has 0 bridgehead atoms. The molecular formula is C23H23ClN2O4S. The number of benzene rings is 2. The molecule has 0 unspecified atom stereocenters. The minimum absolute atomic E-state index is 0.113. The van der Waals surface area contributed by atoms with Crippen molar-refractivity contribution in [3.05, 3.63) is 58.1 Å². The van der Waals surface area contributed by atoms with Gasteiger partial charge in [-0.2, -0.15) is 0 Å². The van der Waals surface area contributed by atoms with Crippen LogP contribution in [0.2, 0.25) is 5.02 Å². The average molecular weight is 459 g/mol. The maximum absolute atomic E-state index is 12.5. The molecule has 2 heterocycles. The number of aromatic nitrogens is 1. The van der Waals surface area contributed by atoms with Crippen molar-refractivity contribution in [2.24, 2.45) is 0 Å². The van der Waals surface area contributed by atoms with Crippen molar-refractivity contribution < 1.29 is 19.0 Å². The summed E-state index contributed by atoms with van der Waals surface area (Å²) in [4.78, 5) is 17.1. The lowest BCUT2D eigenvalue weighted by molar-refractivity contribution is -0.120. The van der Waals surface area contributed by atoms with E-state index in [2.05, 4.69) is 10.3 Å². The van der Waals surface area contributed by atoms with Crippen LogP contribution in [0.3, 0.4) is 0 Å². The first kappa shape index (κ1) is 21.5. The lowest BCUT2D eigenvalue weighted by Crippen LogP contribution is -2.24. The lowest BCUT2D eigenvalue weighted by Gasteiger charge is -2.12. The Morgan fingerprint density at radius 1 is 1.26 bits per heavy atom. The van der Waals surface area contributed by atoms with Crippen LogP contribution in [-0.2, 0) is 17.8 Å². The number of para-hydroxylation sites is 1. The van der Waals surface area contributed by atoms with Gasteiger partial charge in [0.2, 0.25) is 5.91 Å². The summed E-state index contributed by atoms with van der Waals surface area (Å²) >= 11 is 7.82. The summed E-state index contributed by atoms with van der Waals surface area (Å²) in [6.07, 6.45) is 1.01. The number of halogens is 1. The van der Waals surface area contributed by atoms with Gasteiger partial charge in [-0.1, -0.05) is 23.7 Å². The summed E-state index contributed by atoms with van der Waals surface area (Å²) in [5.74, 6) is 1.86. The number of fused-ring (bicyclic) bond motifs is 1. The largest absolute Gasteiger partial charge is 0.493 e. The molecule has 2 aromatic carbocycles. The summed E-state index contributed by atoms with van der Waals surface area (Å²) in [6, 6.07) is 11.4. The lowest BCUT2D eigenvalue weighted by atomic mass is 10.2. The van der Waals surface area contributed by atoms with E-state index in [4.69, 9.17) is 25.8 Å². The van der Waals surface area contributed by atoms with Crippen LogP contribution in [-0.4, -0.2) is 30.7 Å². The van der Waals surface area contributed by atoms with E-state index >= 15 is 0 Å². The predicted molar refractivity (Wildman–Crippen MR) is 121 cm³/mol. The Morgan fingerprint density at radius 2 is 2.10 bits per heavy atom. The first-order valence-corrected chi connectivity index (χ1v) is 11.4. The van der Waals surface area contributed by atoms with Crippen LogP contribution in [0.25, 0.3) is 10.6 Å². The van der Waals surface area contributed by atoms with Crippen molar-refractivity contribution in [3.63, 3.8) is 0 Å². The molecule has 0 atom stereocenters. The summed E-state index contributed by atoms with van der Waals surface area (Å²) in [6.45, 7) is 4.04. The third-order valence-corrected chi connectivity index (χ3v) is 5.87. The van der Waals surface area contributed by atoms with E-state index in [1.165, 1.54) is 11.3 Å². The van der Waals surface area contributed by atoms with E-state index < -0.39 is 0 Å². The Morgan fingerprint density at radius 3 is 2.97 bits per heavy atom. The zero-order valence-corrected chi connectivity index (χ0v) is 18.7. The first-order chi connectivity index (χ1) is 15.1. The second-order valence-corrected chi connectivity index (χ2v) is 8.25. The highest BCUT2D eigenvalue weighted by atomic mass is 35.5. The Bertz CT molecular complexity index is 1070. The molecule has 0 spiro atoms. The van der Waals surface area contributed by atoms with Crippen LogP contribution < -0.4 is 19.5 Å². The van der Waals surface area contributed by atoms with Gasteiger partial charge in [-0.25, -0.2) is 4.98 Å². The predicted octanol–water partition coefficient (Wildman–Crippen LogP) is 4.88. The second-order valence-electron chi connectivity index (χ2n) is 6.98. The third-order valence-electron chi connectivity index (χ3n) is 4.66. The maximum Gasteiger partial charge on any atom is 0.226 e. The number of thiazole rings is 1. The molecule has 8 heteroatoms. The van der Waals surface area contributed by atoms with Gasteiger partial charge >= 0.3 is 0 Å². The number of nitrogens with zero attached hydrogens (tertiary/aromatic N) is 1. The van der Waals surface area contributed by atoms with Gasteiger partial charge in [-0.15, -0.1) is 11.3 Å². The van der Waals surface area contributed by atoms with Crippen molar-refractivity contribution in [1.29, 1.82) is 0 Å². The SMILES string of the molecule is CCOc1ccccc1-c1nc(CC(=O)NCc2cc(Cl)c3c(c2)OCCCO3)cs1. The Hall–Kier alpha value is -2.77. The molecule has 0 saturated carbocycles. The molecule has 1 N–H and O–H groups in total. The minimum Gasteiger partial charge on any atom is -0.493 e. The molecule has 1 aliphatic rings. The van der Waals surface area contributed by atoms with E-state index in [9.17, 15) is 4.79 Å². The average Bonchev–Trinajstić information content (AvgIpc) is 3.08. The van der Waals surface area contributed by atoms with Gasteiger partial charge in [0, 0.05) is 18.3 Å². The zero-order chi connectivity index (χ0) is 21.6. The van der Waals surface area contributed by atoms with E-state index in [-0.39, 0.29) is 12.3 Å². The molecule has 1 amide bonds. The Kier molecular flexibility index (Phi) is 6.94. The molecule has 6 nitrogen and oxygen atoms in total. The van der Waals surface area contributed by atoms with Crippen molar-refractivity contribution in [1.82, 2.24) is 10.3 Å². The van der Waals surface area contributed by atoms with Gasteiger partial charge < -0.3 is 19.5 Å². The number of amides is 1. The highest BCUT2D eigenvalue weighted by Gasteiger charge is 2.16. The second kappa shape index (κ2) is 10.0. The standard InChI is InChI=1S/C23H23ClN2O4S/c1-2-28-19-7-4-3-6-17(19)23-26-16(14-31-23)12-21(27)25-13-15-10-18(24)22-20(11-15)29-8-5-9-30-22/h3-4,6-7,10-11,14H,2,5,8-9,12-13H2,1H3,(H,25,27). The normalized spacial score (nSPS) is 12.8. The molecule has 0 radical (unpaired) electrons. The van der Waals surface area contributed by atoms with E-state index in [0.29, 0.717) is 42.9 Å². The molecule has 31 heavy (non-hydrogen) atoms. The van der Waals surface area contributed by atoms with Gasteiger partial charge in [0.25, 0.3) is 0 Å². The molecule has 0 saturated heterocycles. The smallest absolute Gasteiger partial charge is 0.226 e. The molecule has 3 aromatic rings. The summed E-state index contributed by atoms with van der Waals surface area (Å²) in [7, 11) is 0. The van der Waals surface area contributed by atoms with Crippen LogP contribution in [0.15, 0.2) is 41.8 Å². The number of hydrogen-bond acceptors (Lipinski definition) is 6. The topological polar surface area (TPSA) is 69.7 Å². The molecule has 4 rings (SSSR count). The maximum atomic E-state index is 12.5. The van der Waals surface area contributed by atoms with E-state index in [0.717, 1.165) is 34.0 Å².